The lowest BCUT2D eigenvalue weighted by atomic mass is 9.63. The molecule has 6 aliphatic rings. The fourth-order valence-corrected chi connectivity index (χ4v) is 12.0. The third-order valence-electron chi connectivity index (χ3n) is 13.9. The summed E-state index contributed by atoms with van der Waals surface area (Å²) in [6.45, 7) is 19.6. The number of rotatable bonds is 2. The van der Waals surface area contributed by atoms with Gasteiger partial charge in [0, 0.05) is 5.41 Å². The van der Waals surface area contributed by atoms with Gasteiger partial charge in [-0.15, -0.1) is 0 Å². The molecule has 0 radical (unpaired) electrons. The molecule has 0 aromatic rings. The summed E-state index contributed by atoms with van der Waals surface area (Å²) in [4.78, 5) is 10.9. The topological polar surface area (TPSA) is 46.5 Å². The van der Waals surface area contributed by atoms with Crippen molar-refractivity contribution in [1.82, 2.24) is 0 Å². The van der Waals surface area contributed by atoms with E-state index in [0.29, 0.717) is 28.6 Å². The van der Waals surface area contributed by atoms with Crippen LogP contribution in [0.4, 0.5) is 0 Å². The maximum atomic E-state index is 10.9. The minimum Gasteiger partial charge on any atom is -0.461 e. The van der Waals surface area contributed by atoms with E-state index in [1.165, 1.54) is 51.4 Å². The normalized spacial score (nSPS) is 55.7. The molecular formula is C31H52O3. The van der Waals surface area contributed by atoms with E-state index in [1.807, 2.05) is 0 Å². The molecule has 6 fully saturated rings. The Hall–Kier alpha value is -0.570. The maximum absolute atomic E-state index is 10.9. The van der Waals surface area contributed by atoms with Crippen LogP contribution in [0.1, 0.15) is 120 Å². The predicted molar refractivity (Wildman–Crippen MR) is 137 cm³/mol. The Morgan fingerprint density at radius 3 is 2.15 bits per heavy atom. The fraction of sp³-hybridized carbons (Fsp3) is 0.968. The zero-order valence-corrected chi connectivity index (χ0v) is 23.4. The molecule has 0 heterocycles. The van der Waals surface area contributed by atoms with Crippen LogP contribution in [-0.4, -0.2) is 22.8 Å². The van der Waals surface area contributed by atoms with Crippen molar-refractivity contribution in [1.29, 1.82) is 0 Å². The highest BCUT2D eigenvalue weighted by molar-refractivity contribution is 5.40. The lowest BCUT2D eigenvalue weighted by molar-refractivity contribution is -0.159. The molecule has 0 aromatic carbocycles. The average molecular weight is 473 g/mol. The Labute approximate surface area is 209 Å². The average Bonchev–Trinajstić information content (AvgIpc) is 3.34. The predicted octanol–water partition coefficient (Wildman–Crippen LogP) is 7.40. The van der Waals surface area contributed by atoms with Gasteiger partial charge >= 0.3 is 0 Å². The SMILES string of the molecule is C[C@@H]1CC[C@H]2C(C)(C)[C@H]3C[C@@]12CC[C@@]3(C)O.C[C@@H]1CC[C@]23C[C@H]1C(C)(C)[C@@H]2CC[C@@]3(C)OC=O. The zero-order valence-electron chi connectivity index (χ0n) is 23.4. The molecule has 34 heavy (non-hydrogen) atoms. The molecule has 1 N–H and O–H groups in total. The van der Waals surface area contributed by atoms with Crippen molar-refractivity contribution in [2.24, 2.45) is 57.2 Å². The Balaban J connectivity index is 0.000000142. The first-order chi connectivity index (χ1) is 15.7. The van der Waals surface area contributed by atoms with Gasteiger partial charge in [0.2, 0.25) is 0 Å². The van der Waals surface area contributed by atoms with E-state index in [2.05, 4.69) is 55.4 Å². The second-order valence-electron chi connectivity index (χ2n) is 15.5. The second-order valence-corrected chi connectivity index (χ2v) is 15.5. The van der Waals surface area contributed by atoms with Crippen LogP contribution in [-0.2, 0) is 9.53 Å². The van der Waals surface area contributed by atoms with Crippen LogP contribution in [0.5, 0.6) is 0 Å². The van der Waals surface area contributed by atoms with Gasteiger partial charge in [-0.25, -0.2) is 0 Å². The third kappa shape index (κ3) is 3.00. The van der Waals surface area contributed by atoms with E-state index >= 15 is 0 Å². The van der Waals surface area contributed by atoms with Gasteiger partial charge < -0.3 is 9.84 Å². The molecule has 3 heteroatoms. The number of carbonyl (C=O) groups is 1. The van der Waals surface area contributed by atoms with E-state index in [1.54, 1.807) is 0 Å². The Morgan fingerprint density at radius 1 is 0.765 bits per heavy atom. The minimum atomic E-state index is -0.404. The number of hydrogen-bond acceptors (Lipinski definition) is 3. The molecule has 0 aromatic heterocycles. The molecule has 6 saturated carbocycles. The van der Waals surface area contributed by atoms with Gasteiger partial charge in [-0.05, 0) is 130 Å². The molecule has 0 saturated heterocycles. The van der Waals surface area contributed by atoms with E-state index < -0.39 is 5.60 Å². The van der Waals surface area contributed by atoms with Crippen LogP contribution in [0.25, 0.3) is 0 Å². The van der Waals surface area contributed by atoms with Gasteiger partial charge in [0.25, 0.3) is 6.47 Å². The van der Waals surface area contributed by atoms with Crippen molar-refractivity contribution < 1.29 is 14.6 Å². The van der Waals surface area contributed by atoms with Crippen molar-refractivity contribution in [2.45, 2.75) is 131 Å². The molecule has 0 aliphatic heterocycles. The molecule has 2 spiro atoms. The zero-order chi connectivity index (χ0) is 24.9. The van der Waals surface area contributed by atoms with E-state index in [9.17, 15) is 9.90 Å². The third-order valence-corrected chi connectivity index (χ3v) is 13.9. The Bertz CT molecular complexity index is 825. The van der Waals surface area contributed by atoms with Crippen molar-refractivity contribution in [3.63, 3.8) is 0 Å². The van der Waals surface area contributed by atoms with Crippen LogP contribution >= 0.6 is 0 Å². The number of fused-ring (bicyclic) bond motifs is 2. The molecule has 10 atom stereocenters. The molecule has 4 bridgehead atoms. The summed E-state index contributed by atoms with van der Waals surface area (Å²) in [7, 11) is 0. The Morgan fingerprint density at radius 2 is 1.47 bits per heavy atom. The summed E-state index contributed by atoms with van der Waals surface area (Å²) < 4.78 is 5.63. The molecule has 3 nitrogen and oxygen atoms in total. The van der Waals surface area contributed by atoms with Crippen molar-refractivity contribution in [3.8, 4) is 0 Å². The van der Waals surface area contributed by atoms with Crippen LogP contribution in [0.15, 0.2) is 0 Å². The highest BCUT2D eigenvalue weighted by Gasteiger charge is 2.71. The number of ether oxygens (including phenoxy) is 1. The Kier molecular flexibility index (Phi) is 5.52. The second kappa shape index (κ2) is 7.48. The highest BCUT2D eigenvalue weighted by atomic mass is 16.5. The molecular weight excluding hydrogens is 420 g/mol. The van der Waals surface area contributed by atoms with Crippen LogP contribution in [0.3, 0.4) is 0 Å². The minimum absolute atomic E-state index is 0.203. The van der Waals surface area contributed by atoms with Crippen LogP contribution < -0.4 is 0 Å². The van der Waals surface area contributed by atoms with Crippen LogP contribution in [0, 0.1) is 57.2 Å². The number of hydrogen-bond donors (Lipinski definition) is 1. The molecule has 0 amide bonds. The van der Waals surface area contributed by atoms with Gasteiger partial charge in [-0.1, -0.05) is 41.5 Å². The lowest BCUT2D eigenvalue weighted by Crippen LogP contribution is -2.46. The first-order valence-electron chi connectivity index (χ1n) is 14.5. The summed E-state index contributed by atoms with van der Waals surface area (Å²) in [5.74, 6) is 4.67. The van der Waals surface area contributed by atoms with Crippen LogP contribution in [0.2, 0.25) is 0 Å². The molecule has 0 unspecified atom stereocenters. The van der Waals surface area contributed by atoms with Crippen molar-refractivity contribution in [3.05, 3.63) is 0 Å². The summed E-state index contributed by atoms with van der Waals surface area (Å²) in [5.41, 5.74) is 1.03. The number of carbonyl (C=O) groups excluding carboxylic acids is 1. The number of aliphatic hydroxyl groups is 1. The molecule has 6 aliphatic carbocycles. The first kappa shape index (κ1) is 25.1. The summed E-state index contributed by atoms with van der Waals surface area (Å²) in [6.07, 6.45) is 12.5. The van der Waals surface area contributed by atoms with Crippen molar-refractivity contribution in [2.75, 3.05) is 0 Å². The summed E-state index contributed by atoms with van der Waals surface area (Å²) in [6, 6.07) is 0. The standard InChI is InChI=1S/C16H26O2.C15H26O/c1-11-5-8-16-9-12(11)14(2,3)13(16)6-7-15(16,4)18-10-17;1-10-5-6-11-13(2,3)12-9-15(10,11)8-7-14(12,4)16/h10-13H,5-9H2,1-4H3;10-12,16H,5-9H2,1-4H3/t11-,12-,13+,15-,16+;10-,11+,12-,14-,15+/m11/s1. The van der Waals surface area contributed by atoms with Gasteiger partial charge in [0.05, 0.1) is 5.60 Å². The van der Waals surface area contributed by atoms with Gasteiger partial charge in [-0.3, -0.25) is 4.79 Å². The molecule has 6 rings (SSSR count). The smallest absolute Gasteiger partial charge is 0.293 e. The highest BCUT2D eigenvalue weighted by Crippen LogP contribution is 2.75. The van der Waals surface area contributed by atoms with Gasteiger partial charge in [0.15, 0.2) is 0 Å². The largest absolute Gasteiger partial charge is 0.461 e. The van der Waals surface area contributed by atoms with E-state index in [0.717, 1.165) is 42.4 Å². The monoisotopic (exact) mass is 472 g/mol. The maximum Gasteiger partial charge on any atom is 0.293 e. The lowest BCUT2D eigenvalue weighted by Gasteiger charge is -2.46. The molecule has 194 valence electrons. The van der Waals surface area contributed by atoms with E-state index in [-0.39, 0.29) is 11.0 Å². The quantitative estimate of drug-likeness (QED) is 0.426. The summed E-state index contributed by atoms with van der Waals surface area (Å²) >= 11 is 0. The van der Waals surface area contributed by atoms with Gasteiger partial charge in [0.1, 0.15) is 5.60 Å². The summed E-state index contributed by atoms with van der Waals surface area (Å²) in [5, 5.41) is 10.6. The van der Waals surface area contributed by atoms with E-state index in [4.69, 9.17) is 4.74 Å². The first-order valence-corrected chi connectivity index (χ1v) is 14.5. The fourth-order valence-electron chi connectivity index (χ4n) is 12.0. The van der Waals surface area contributed by atoms with Gasteiger partial charge in [-0.2, -0.15) is 0 Å². The van der Waals surface area contributed by atoms with Crippen molar-refractivity contribution >= 4 is 6.47 Å².